The van der Waals surface area contributed by atoms with Gasteiger partial charge in [-0.05, 0) is 48.5 Å². The molecule has 1 amide bonds. The van der Waals surface area contributed by atoms with E-state index in [1.165, 1.54) is 0 Å². The molecule has 0 bridgehead atoms. The molecule has 0 radical (unpaired) electrons. The molecule has 4 rings (SSSR count). The Morgan fingerprint density at radius 2 is 1.57 bits per heavy atom. The summed E-state index contributed by atoms with van der Waals surface area (Å²) < 4.78 is 15.9. The van der Waals surface area contributed by atoms with Crippen LogP contribution in [0.1, 0.15) is 5.69 Å². The molecule has 7 heteroatoms. The van der Waals surface area contributed by atoms with Crippen LogP contribution in [0.5, 0.6) is 11.5 Å². The number of ether oxygens (including phenoxy) is 2. The van der Waals surface area contributed by atoms with Crippen molar-refractivity contribution in [2.45, 2.75) is 6.42 Å². The van der Waals surface area contributed by atoms with Crippen LogP contribution in [0.2, 0.25) is 0 Å². The Balaban J connectivity index is 1.25. The number of nitrogens with zero attached hydrogens (tertiary/aromatic N) is 1. The molecule has 0 aliphatic heterocycles. The zero-order valence-electron chi connectivity index (χ0n) is 15.9. The number of rotatable bonds is 7. The standard InChI is InChI=1S/C23H18N2O5/c26-22(15-28-23(27)14-20-19-8-4-5-9-21(19)30-25-20)24-16-10-12-18(13-11-16)29-17-6-2-1-3-7-17/h1-13H,14-15H2,(H,24,26). The average molecular weight is 402 g/mol. The molecule has 0 spiro atoms. The summed E-state index contributed by atoms with van der Waals surface area (Å²) in [5.41, 5.74) is 1.64. The number of para-hydroxylation sites is 2. The third-order valence-corrected chi connectivity index (χ3v) is 4.25. The maximum Gasteiger partial charge on any atom is 0.312 e. The van der Waals surface area contributed by atoms with Crippen molar-refractivity contribution in [2.24, 2.45) is 0 Å². The van der Waals surface area contributed by atoms with E-state index in [1.54, 1.807) is 30.3 Å². The molecule has 0 atom stereocenters. The minimum Gasteiger partial charge on any atom is -0.457 e. The Hall–Kier alpha value is -4.13. The SMILES string of the molecule is O=C(COC(=O)Cc1noc2ccccc12)Nc1ccc(Oc2ccccc2)cc1. The van der Waals surface area contributed by atoms with Gasteiger partial charge >= 0.3 is 5.97 Å². The zero-order valence-corrected chi connectivity index (χ0v) is 15.9. The van der Waals surface area contributed by atoms with Crippen LogP contribution < -0.4 is 10.1 Å². The summed E-state index contributed by atoms with van der Waals surface area (Å²) in [6, 6.07) is 23.5. The number of esters is 1. The van der Waals surface area contributed by atoms with Crippen LogP contribution in [0.4, 0.5) is 5.69 Å². The van der Waals surface area contributed by atoms with Gasteiger partial charge in [0.25, 0.3) is 5.91 Å². The molecule has 0 aliphatic rings. The highest BCUT2D eigenvalue weighted by Gasteiger charge is 2.14. The highest BCUT2D eigenvalue weighted by molar-refractivity contribution is 5.93. The number of carbonyl (C=O) groups is 2. The Labute approximate surface area is 172 Å². The van der Waals surface area contributed by atoms with Crippen LogP contribution >= 0.6 is 0 Å². The summed E-state index contributed by atoms with van der Waals surface area (Å²) in [6.07, 6.45) is -0.0736. The van der Waals surface area contributed by atoms with E-state index in [2.05, 4.69) is 10.5 Å². The monoisotopic (exact) mass is 402 g/mol. The van der Waals surface area contributed by atoms with Crippen LogP contribution in [-0.4, -0.2) is 23.6 Å². The first-order chi connectivity index (χ1) is 14.7. The summed E-state index contributed by atoms with van der Waals surface area (Å²) >= 11 is 0. The number of benzene rings is 3. The lowest BCUT2D eigenvalue weighted by Crippen LogP contribution is -2.21. The molecule has 0 saturated carbocycles. The number of anilines is 1. The molecule has 4 aromatic rings. The van der Waals surface area contributed by atoms with Crippen molar-refractivity contribution in [3.05, 3.63) is 84.6 Å². The fourth-order valence-corrected chi connectivity index (χ4v) is 2.83. The van der Waals surface area contributed by atoms with E-state index < -0.39 is 18.5 Å². The van der Waals surface area contributed by atoms with Crippen LogP contribution in [-0.2, 0) is 20.7 Å². The van der Waals surface area contributed by atoms with Gasteiger partial charge < -0.3 is 19.3 Å². The van der Waals surface area contributed by atoms with Gasteiger partial charge in [0.15, 0.2) is 12.2 Å². The normalized spacial score (nSPS) is 10.5. The number of carbonyl (C=O) groups excluding carboxylic acids is 2. The first kappa shape index (κ1) is 19.2. The molecule has 1 heterocycles. The van der Waals surface area contributed by atoms with Crippen molar-refractivity contribution in [1.82, 2.24) is 5.16 Å². The van der Waals surface area contributed by atoms with Gasteiger partial charge in [-0.1, -0.05) is 35.5 Å². The number of hydrogen-bond donors (Lipinski definition) is 1. The molecule has 150 valence electrons. The van der Waals surface area contributed by atoms with Crippen molar-refractivity contribution in [2.75, 3.05) is 11.9 Å². The Morgan fingerprint density at radius 1 is 0.867 bits per heavy atom. The van der Waals surface area contributed by atoms with E-state index in [0.717, 1.165) is 11.1 Å². The fourth-order valence-electron chi connectivity index (χ4n) is 2.83. The van der Waals surface area contributed by atoms with Gasteiger partial charge in [-0.15, -0.1) is 0 Å². The van der Waals surface area contributed by atoms with Gasteiger partial charge in [0.1, 0.15) is 17.2 Å². The predicted molar refractivity (Wildman–Crippen MR) is 110 cm³/mol. The van der Waals surface area contributed by atoms with E-state index in [9.17, 15) is 9.59 Å². The first-order valence-corrected chi connectivity index (χ1v) is 9.29. The third-order valence-electron chi connectivity index (χ3n) is 4.25. The van der Waals surface area contributed by atoms with Crippen molar-refractivity contribution in [3.8, 4) is 11.5 Å². The minimum atomic E-state index is -0.559. The lowest BCUT2D eigenvalue weighted by molar-refractivity contribution is -0.146. The third kappa shape index (κ3) is 4.82. The molecular weight excluding hydrogens is 384 g/mol. The number of hydrogen-bond acceptors (Lipinski definition) is 6. The van der Waals surface area contributed by atoms with E-state index in [1.807, 2.05) is 48.5 Å². The number of amides is 1. The molecule has 0 saturated heterocycles. The Kier molecular flexibility index (Phi) is 5.70. The number of fused-ring (bicyclic) bond motifs is 1. The van der Waals surface area contributed by atoms with E-state index >= 15 is 0 Å². The maximum absolute atomic E-state index is 12.1. The summed E-state index contributed by atoms with van der Waals surface area (Å²) in [4.78, 5) is 24.1. The van der Waals surface area contributed by atoms with Crippen molar-refractivity contribution < 1.29 is 23.6 Å². The molecular formula is C23H18N2O5. The van der Waals surface area contributed by atoms with Crippen molar-refractivity contribution >= 4 is 28.5 Å². The lowest BCUT2D eigenvalue weighted by Gasteiger charge is -2.08. The zero-order chi connectivity index (χ0) is 20.8. The largest absolute Gasteiger partial charge is 0.457 e. The highest BCUT2D eigenvalue weighted by Crippen LogP contribution is 2.22. The fraction of sp³-hybridized carbons (Fsp3) is 0.0870. The second-order valence-corrected chi connectivity index (χ2v) is 6.45. The second kappa shape index (κ2) is 8.91. The van der Waals surface area contributed by atoms with Crippen LogP contribution in [0.3, 0.4) is 0 Å². The summed E-state index contributed by atoms with van der Waals surface area (Å²) in [5, 5.41) is 7.30. The highest BCUT2D eigenvalue weighted by atomic mass is 16.5. The summed E-state index contributed by atoms with van der Waals surface area (Å²) in [5.74, 6) is 0.368. The summed E-state index contributed by atoms with van der Waals surface area (Å²) in [6.45, 7) is -0.392. The summed E-state index contributed by atoms with van der Waals surface area (Å²) in [7, 11) is 0. The second-order valence-electron chi connectivity index (χ2n) is 6.45. The molecule has 7 nitrogen and oxygen atoms in total. The molecule has 30 heavy (non-hydrogen) atoms. The maximum atomic E-state index is 12.1. The average Bonchev–Trinajstić information content (AvgIpc) is 3.17. The van der Waals surface area contributed by atoms with Crippen LogP contribution in [0.15, 0.2) is 83.4 Å². The Bertz CT molecular complexity index is 1150. The van der Waals surface area contributed by atoms with E-state index in [0.29, 0.717) is 22.7 Å². The van der Waals surface area contributed by atoms with Gasteiger partial charge in [0.2, 0.25) is 0 Å². The van der Waals surface area contributed by atoms with Crippen molar-refractivity contribution in [1.29, 1.82) is 0 Å². The molecule has 0 fully saturated rings. The molecule has 0 unspecified atom stereocenters. The molecule has 0 aliphatic carbocycles. The van der Waals surface area contributed by atoms with Crippen LogP contribution in [0.25, 0.3) is 11.0 Å². The molecule has 3 aromatic carbocycles. The van der Waals surface area contributed by atoms with Crippen molar-refractivity contribution in [3.63, 3.8) is 0 Å². The van der Waals surface area contributed by atoms with Gasteiger partial charge in [-0.25, -0.2) is 0 Å². The predicted octanol–water partition coefficient (Wildman–Crippen LogP) is 4.34. The van der Waals surface area contributed by atoms with Gasteiger partial charge in [0, 0.05) is 11.1 Å². The number of nitrogens with one attached hydrogen (secondary N) is 1. The van der Waals surface area contributed by atoms with Gasteiger partial charge in [-0.3, -0.25) is 9.59 Å². The van der Waals surface area contributed by atoms with E-state index in [-0.39, 0.29) is 6.42 Å². The Morgan fingerprint density at radius 3 is 2.37 bits per heavy atom. The minimum absolute atomic E-state index is 0.0736. The molecule has 1 N–H and O–H groups in total. The topological polar surface area (TPSA) is 90.7 Å². The number of aromatic nitrogens is 1. The van der Waals surface area contributed by atoms with Crippen LogP contribution in [0, 0.1) is 0 Å². The quantitative estimate of drug-likeness (QED) is 0.462. The first-order valence-electron chi connectivity index (χ1n) is 9.29. The van der Waals surface area contributed by atoms with Gasteiger partial charge in [0.05, 0.1) is 6.42 Å². The molecule has 1 aromatic heterocycles. The lowest BCUT2D eigenvalue weighted by atomic mass is 10.2. The smallest absolute Gasteiger partial charge is 0.312 e. The van der Waals surface area contributed by atoms with Gasteiger partial charge in [-0.2, -0.15) is 0 Å². The van der Waals surface area contributed by atoms with E-state index in [4.69, 9.17) is 14.0 Å².